The van der Waals surface area contributed by atoms with Gasteiger partial charge >= 0.3 is 0 Å². The molecule has 1 atom stereocenters. The summed E-state index contributed by atoms with van der Waals surface area (Å²) in [4.78, 5) is 6.40. The van der Waals surface area contributed by atoms with Crippen LogP contribution in [0.3, 0.4) is 0 Å². The fourth-order valence-electron chi connectivity index (χ4n) is 1.86. The molecule has 5 heteroatoms. The number of aliphatic hydroxyl groups excluding tert-OH is 1. The van der Waals surface area contributed by atoms with E-state index in [-0.39, 0.29) is 6.10 Å². The third kappa shape index (κ3) is 2.76. The molecule has 1 aliphatic rings. The lowest BCUT2D eigenvalue weighted by Gasteiger charge is -2.28. The summed E-state index contributed by atoms with van der Waals surface area (Å²) in [5.74, 6) is 1.41. The smallest absolute Gasteiger partial charge is 0.240 e. The lowest BCUT2D eigenvalue weighted by Crippen LogP contribution is -2.37. The van der Waals surface area contributed by atoms with Gasteiger partial charge in [0.15, 0.2) is 5.82 Å². The highest BCUT2D eigenvalue weighted by molar-refractivity contribution is 4.86. The highest BCUT2D eigenvalue weighted by Crippen LogP contribution is 2.12. The van der Waals surface area contributed by atoms with Gasteiger partial charge < -0.3 is 9.63 Å². The Bertz CT molecular complexity index is 313. The van der Waals surface area contributed by atoms with Crippen LogP contribution in [-0.4, -0.2) is 39.3 Å². The number of likely N-dealkylation sites (tertiary alicyclic amines) is 1. The molecule has 1 saturated heterocycles. The number of piperidine rings is 1. The second-order valence-corrected chi connectivity index (χ2v) is 3.99. The number of hydrogen-bond acceptors (Lipinski definition) is 5. The molecule has 1 aromatic heterocycles. The molecular formula is C10H17N3O2. The summed E-state index contributed by atoms with van der Waals surface area (Å²) < 4.78 is 5.11. The van der Waals surface area contributed by atoms with E-state index in [4.69, 9.17) is 4.52 Å². The molecule has 1 aromatic rings. The summed E-state index contributed by atoms with van der Waals surface area (Å²) in [6.07, 6.45) is 2.54. The summed E-state index contributed by atoms with van der Waals surface area (Å²) >= 11 is 0. The van der Waals surface area contributed by atoms with Gasteiger partial charge in [-0.15, -0.1) is 0 Å². The average molecular weight is 211 g/mol. The van der Waals surface area contributed by atoms with E-state index in [1.165, 1.54) is 0 Å². The molecule has 0 amide bonds. The van der Waals surface area contributed by atoms with Crippen molar-refractivity contribution in [1.82, 2.24) is 15.0 Å². The Labute approximate surface area is 89.1 Å². The van der Waals surface area contributed by atoms with Crippen molar-refractivity contribution in [2.24, 2.45) is 0 Å². The molecular weight excluding hydrogens is 194 g/mol. The van der Waals surface area contributed by atoms with Gasteiger partial charge in [-0.1, -0.05) is 12.1 Å². The van der Waals surface area contributed by atoms with Gasteiger partial charge in [0, 0.05) is 13.0 Å². The number of aryl methyl sites for hydroxylation is 1. The molecule has 15 heavy (non-hydrogen) atoms. The SMILES string of the molecule is CCc1noc(CN2CCC[C@H](O)C2)n1. The topological polar surface area (TPSA) is 62.4 Å². The van der Waals surface area contributed by atoms with Crippen LogP contribution in [0.4, 0.5) is 0 Å². The van der Waals surface area contributed by atoms with E-state index in [1.807, 2.05) is 6.92 Å². The van der Waals surface area contributed by atoms with E-state index in [0.717, 1.165) is 31.6 Å². The molecule has 1 aliphatic heterocycles. The summed E-state index contributed by atoms with van der Waals surface area (Å²) in [6.45, 7) is 4.37. The average Bonchev–Trinajstić information content (AvgIpc) is 2.65. The normalized spacial score (nSPS) is 23.2. The Hall–Kier alpha value is -0.940. The Kier molecular flexibility index (Phi) is 3.33. The summed E-state index contributed by atoms with van der Waals surface area (Å²) in [6, 6.07) is 0. The number of aromatic nitrogens is 2. The minimum Gasteiger partial charge on any atom is -0.392 e. The first-order valence-corrected chi connectivity index (χ1v) is 5.50. The molecule has 0 aromatic carbocycles. The Balaban J connectivity index is 1.90. The van der Waals surface area contributed by atoms with Crippen molar-refractivity contribution in [3.8, 4) is 0 Å². The first kappa shape index (κ1) is 10.6. The molecule has 0 unspecified atom stereocenters. The molecule has 0 bridgehead atoms. The van der Waals surface area contributed by atoms with Crippen molar-refractivity contribution in [2.45, 2.75) is 38.8 Å². The van der Waals surface area contributed by atoms with Crippen LogP contribution in [-0.2, 0) is 13.0 Å². The van der Waals surface area contributed by atoms with E-state index in [0.29, 0.717) is 19.0 Å². The van der Waals surface area contributed by atoms with Crippen LogP contribution < -0.4 is 0 Å². The Morgan fingerprint density at radius 2 is 2.47 bits per heavy atom. The number of hydrogen-bond donors (Lipinski definition) is 1. The van der Waals surface area contributed by atoms with Crippen LogP contribution >= 0.6 is 0 Å². The molecule has 1 N–H and O–H groups in total. The maximum atomic E-state index is 9.50. The van der Waals surface area contributed by atoms with Gasteiger partial charge in [0.05, 0.1) is 12.6 Å². The highest BCUT2D eigenvalue weighted by atomic mass is 16.5. The lowest BCUT2D eigenvalue weighted by molar-refractivity contribution is 0.0613. The maximum absolute atomic E-state index is 9.50. The van der Waals surface area contributed by atoms with E-state index in [2.05, 4.69) is 15.0 Å². The molecule has 0 aliphatic carbocycles. The number of nitrogens with zero attached hydrogens (tertiary/aromatic N) is 3. The summed E-state index contributed by atoms with van der Waals surface area (Å²) in [5.41, 5.74) is 0. The summed E-state index contributed by atoms with van der Waals surface area (Å²) in [7, 11) is 0. The number of rotatable bonds is 3. The standard InChI is InChI=1S/C10H17N3O2/c1-2-9-11-10(15-12-9)7-13-5-3-4-8(14)6-13/h8,14H,2-7H2,1H3/t8-/m0/s1. The minimum absolute atomic E-state index is 0.202. The molecule has 5 nitrogen and oxygen atoms in total. The molecule has 84 valence electrons. The van der Waals surface area contributed by atoms with Crippen LogP contribution in [0, 0.1) is 0 Å². The fraction of sp³-hybridized carbons (Fsp3) is 0.800. The molecule has 2 rings (SSSR count). The highest BCUT2D eigenvalue weighted by Gasteiger charge is 2.19. The molecule has 0 spiro atoms. The minimum atomic E-state index is -0.202. The predicted molar refractivity (Wildman–Crippen MR) is 54.2 cm³/mol. The summed E-state index contributed by atoms with van der Waals surface area (Å²) in [5, 5.41) is 13.3. The van der Waals surface area contributed by atoms with Crippen molar-refractivity contribution in [3.05, 3.63) is 11.7 Å². The monoisotopic (exact) mass is 211 g/mol. The quantitative estimate of drug-likeness (QED) is 0.792. The van der Waals surface area contributed by atoms with Gasteiger partial charge in [-0.2, -0.15) is 4.98 Å². The van der Waals surface area contributed by atoms with Crippen LogP contribution in [0.1, 0.15) is 31.5 Å². The van der Waals surface area contributed by atoms with Crippen LogP contribution in [0.25, 0.3) is 0 Å². The number of aliphatic hydroxyl groups is 1. The van der Waals surface area contributed by atoms with Gasteiger partial charge in [0.1, 0.15) is 0 Å². The lowest BCUT2D eigenvalue weighted by atomic mass is 10.1. The second kappa shape index (κ2) is 4.72. The first-order valence-electron chi connectivity index (χ1n) is 5.50. The van der Waals surface area contributed by atoms with Crippen molar-refractivity contribution in [2.75, 3.05) is 13.1 Å². The van der Waals surface area contributed by atoms with Gasteiger partial charge in [0.25, 0.3) is 0 Å². The second-order valence-electron chi connectivity index (χ2n) is 3.99. The fourth-order valence-corrected chi connectivity index (χ4v) is 1.86. The van der Waals surface area contributed by atoms with Crippen LogP contribution in [0.5, 0.6) is 0 Å². The van der Waals surface area contributed by atoms with E-state index in [9.17, 15) is 5.11 Å². The first-order chi connectivity index (χ1) is 7.28. The molecule has 0 radical (unpaired) electrons. The zero-order valence-electron chi connectivity index (χ0n) is 9.02. The van der Waals surface area contributed by atoms with Gasteiger partial charge in [-0.05, 0) is 19.4 Å². The van der Waals surface area contributed by atoms with Crippen LogP contribution in [0.2, 0.25) is 0 Å². The zero-order chi connectivity index (χ0) is 10.7. The van der Waals surface area contributed by atoms with Gasteiger partial charge in [0.2, 0.25) is 5.89 Å². The van der Waals surface area contributed by atoms with Crippen molar-refractivity contribution >= 4 is 0 Å². The van der Waals surface area contributed by atoms with E-state index in [1.54, 1.807) is 0 Å². The Morgan fingerprint density at radius 1 is 1.60 bits per heavy atom. The van der Waals surface area contributed by atoms with Crippen LogP contribution in [0.15, 0.2) is 4.52 Å². The third-order valence-corrected chi connectivity index (χ3v) is 2.67. The molecule has 1 fully saturated rings. The largest absolute Gasteiger partial charge is 0.392 e. The third-order valence-electron chi connectivity index (χ3n) is 2.67. The van der Waals surface area contributed by atoms with E-state index >= 15 is 0 Å². The Morgan fingerprint density at radius 3 is 3.13 bits per heavy atom. The van der Waals surface area contributed by atoms with Gasteiger partial charge in [-0.3, -0.25) is 4.90 Å². The van der Waals surface area contributed by atoms with Gasteiger partial charge in [-0.25, -0.2) is 0 Å². The molecule has 0 saturated carbocycles. The van der Waals surface area contributed by atoms with Crippen molar-refractivity contribution < 1.29 is 9.63 Å². The number of β-amino-alcohol motifs (C(OH)–C–C–N with tert-alkyl or cyclic N) is 1. The van der Waals surface area contributed by atoms with Crippen molar-refractivity contribution in [1.29, 1.82) is 0 Å². The van der Waals surface area contributed by atoms with Crippen molar-refractivity contribution in [3.63, 3.8) is 0 Å². The maximum Gasteiger partial charge on any atom is 0.240 e. The van der Waals surface area contributed by atoms with E-state index < -0.39 is 0 Å². The molecule has 2 heterocycles. The zero-order valence-corrected chi connectivity index (χ0v) is 9.02. The predicted octanol–water partition coefficient (Wildman–Crippen LogP) is 0.589.